The monoisotopic (exact) mass is 548 g/mol. The zero-order valence-corrected chi connectivity index (χ0v) is 24.5. The number of hydrogen-bond acceptors (Lipinski definition) is 8. The number of hydrogen-bond donors (Lipinski definition) is 2. The molecule has 1 aliphatic heterocycles. The molecule has 5 rings (SSSR count). The van der Waals surface area contributed by atoms with Crippen molar-refractivity contribution >= 4 is 47.4 Å². The van der Waals surface area contributed by atoms with Crippen molar-refractivity contribution in [2.24, 2.45) is 7.05 Å². The number of likely N-dealkylation sites (N-methyl/N-ethyl adjacent to an activating group) is 2. The van der Waals surface area contributed by atoms with Crippen LogP contribution in [0, 0.1) is 6.92 Å². The van der Waals surface area contributed by atoms with Gasteiger partial charge in [-0.3, -0.25) is 0 Å². The molecule has 0 saturated carbocycles. The van der Waals surface area contributed by atoms with Gasteiger partial charge >= 0.3 is 0 Å². The number of aryl methyl sites for hydroxylation is 2. The highest BCUT2D eigenvalue weighted by Gasteiger charge is 2.27. The Morgan fingerprint density at radius 1 is 1.08 bits per heavy atom. The SMILES string of the molecule is Cc1cc(N(C)CCN(C)C)c(N)cc1Nc1ncnc(-c2c(C3CCOCC3)n(C)c3ccccc23)n1.S. The fourth-order valence-corrected chi connectivity index (χ4v) is 5.34. The summed E-state index contributed by atoms with van der Waals surface area (Å²) in [5, 5.41) is 4.55. The van der Waals surface area contributed by atoms with Gasteiger partial charge in [-0.05, 0) is 57.6 Å². The van der Waals surface area contributed by atoms with Crippen LogP contribution >= 0.6 is 13.5 Å². The Labute approximate surface area is 237 Å². The van der Waals surface area contributed by atoms with E-state index in [0.29, 0.717) is 23.4 Å². The largest absolute Gasteiger partial charge is 0.397 e. The van der Waals surface area contributed by atoms with Crippen molar-refractivity contribution in [1.82, 2.24) is 24.4 Å². The number of nitrogen functional groups attached to an aromatic ring is 1. The minimum atomic E-state index is 0. The average Bonchev–Trinajstić information content (AvgIpc) is 3.22. The number of benzene rings is 2. The molecule has 3 N–H and O–H groups in total. The van der Waals surface area contributed by atoms with E-state index in [-0.39, 0.29) is 13.5 Å². The standard InChI is InChI=1S/C29H38N8O.H2S/c1-19-16-25(36(4)13-12-35(2)3)22(30)17-23(19)33-29-32-18-31-28(34-29)26-21-8-6-7-9-24(21)37(5)27(26)20-10-14-38-15-11-20;/h6-9,16-18,20H,10-15,30H2,1-5H3,(H,31,32,33,34);1H2. The predicted molar refractivity (Wildman–Crippen MR) is 166 cm³/mol. The van der Waals surface area contributed by atoms with Crippen LogP contribution in [0.25, 0.3) is 22.3 Å². The molecular formula is C29H40N8OS. The summed E-state index contributed by atoms with van der Waals surface area (Å²) in [5.41, 5.74) is 13.7. The van der Waals surface area contributed by atoms with Gasteiger partial charge in [0.05, 0.1) is 11.4 Å². The van der Waals surface area contributed by atoms with E-state index in [1.165, 1.54) is 11.2 Å². The zero-order chi connectivity index (χ0) is 26.8. The van der Waals surface area contributed by atoms with Crippen LogP contribution < -0.4 is 16.0 Å². The molecule has 2 aromatic carbocycles. The number of anilines is 4. The molecule has 2 aromatic heterocycles. The van der Waals surface area contributed by atoms with Crippen LogP contribution in [-0.2, 0) is 11.8 Å². The van der Waals surface area contributed by atoms with E-state index in [9.17, 15) is 0 Å². The predicted octanol–water partition coefficient (Wildman–Crippen LogP) is 4.67. The van der Waals surface area contributed by atoms with Crippen molar-refractivity contribution < 1.29 is 4.74 Å². The van der Waals surface area contributed by atoms with Crippen LogP contribution in [0.4, 0.5) is 23.0 Å². The molecule has 0 unspecified atom stereocenters. The van der Waals surface area contributed by atoms with E-state index in [0.717, 1.165) is 67.0 Å². The highest BCUT2D eigenvalue weighted by molar-refractivity contribution is 7.59. The van der Waals surface area contributed by atoms with Gasteiger partial charge in [-0.25, -0.2) is 9.97 Å². The second-order valence-electron chi connectivity index (χ2n) is 10.4. The third kappa shape index (κ3) is 5.98. The second-order valence-corrected chi connectivity index (χ2v) is 10.4. The van der Waals surface area contributed by atoms with Crippen LogP contribution in [0.1, 0.15) is 30.0 Å². The van der Waals surface area contributed by atoms with Crippen LogP contribution in [-0.4, -0.2) is 71.9 Å². The Morgan fingerprint density at radius 2 is 1.82 bits per heavy atom. The first-order valence-corrected chi connectivity index (χ1v) is 13.2. The first kappa shape index (κ1) is 28.7. The normalized spacial score (nSPS) is 14.0. The number of para-hydroxylation sites is 1. The number of nitrogens with two attached hydrogens (primary N) is 1. The summed E-state index contributed by atoms with van der Waals surface area (Å²) in [6.45, 7) is 5.46. The number of nitrogens with zero attached hydrogens (tertiary/aromatic N) is 6. The second kappa shape index (κ2) is 12.2. The van der Waals surface area contributed by atoms with Gasteiger partial charge in [-0.2, -0.15) is 18.5 Å². The lowest BCUT2D eigenvalue weighted by atomic mass is 9.92. The lowest BCUT2D eigenvalue weighted by Crippen LogP contribution is -2.29. The first-order chi connectivity index (χ1) is 18.3. The molecule has 208 valence electrons. The Balaban J connectivity index is 0.00000353. The fourth-order valence-electron chi connectivity index (χ4n) is 5.34. The van der Waals surface area contributed by atoms with Gasteiger partial charge in [0.2, 0.25) is 5.95 Å². The van der Waals surface area contributed by atoms with E-state index >= 15 is 0 Å². The van der Waals surface area contributed by atoms with E-state index in [1.807, 2.05) is 6.07 Å². The van der Waals surface area contributed by atoms with Crippen molar-refractivity contribution in [2.45, 2.75) is 25.7 Å². The van der Waals surface area contributed by atoms with Gasteiger partial charge in [-0.1, -0.05) is 18.2 Å². The molecule has 39 heavy (non-hydrogen) atoms. The Bertz CT molecular complexity index is 1430. The maximum atomic E-state index is 6.48. The van der Waals surface area contributed by atoms with E-state index < -0.39 is 0 Å². The minimum Gasteiger partial charge on any atom is -0.397 e. The Kier molecular flexibility index (Phi) is 8.99. The highest BCUT2D eigenvalue weighted by Crippen LogP contribution is 2.40. The summed E-state index contributed by atoms with van der Waals surface area (Å²) in [6, 6.07) is 12.5. The van der Waals surface area contributed by atoms with Crippen molar-refractivity contribution in [2.75, 3.05) is 63.4 Å². The van der Waals surface area contributed by atoms with E-state index in [1.54, 1.807) is 6.33 Å². The number of ether oxygens (including phenoxy) is 1. The molecule has 1 aliphatic rings. The van der Waals surface area contributed by atoms with Gasteiger partial charge in [0.15, 0.2) is 5.82 Å². The van der Waals surface area contributed by atoms with Crippen molar-refractivity contribution in [3.05, 3.63) is 54.0 Å². The lowest BCUT2D eigenvalue weighted by Gasteiger charge is -2.24. The summed E-state index contributed by atoms with van der Waals surface area (Å²) in [5.74, 6) is 1.56. The molecule has 1 saturated heterocycles. The van der Waals surface area contributed by atoms with Gasteiger partial charge in [-0.15, -0.1) is 0 Å². The van der Waals surface area contributed by atoms with Gasteiger partial charge in [0, 0.05) is 74.2 Å². The molecular weight excluding hydrogens is 508 g/mol. The van der Waals surface area contributed by atoms with Crippen molar-refractivity contribution in [3.63, 3.8) is 0 Å². The zero-order valence-electron chi connectivity index (χ0n) is 23.5. The average molecular weight is 549 g/mol. The maximum Gasteiger partial charge on any atom is 0.230 e. The molecule has 0 atom stereocenters. The smallest absolute Gasteiger partial charge is 0.230 e. The minimum absolute atomic E-state index is 0. The maximum absolute atomic E-state index is 6.48. The molecule has 10 heteroatoms. The highest BCUT2D eigenvalue weighted by atomic mass is 32.1. The van der Waals surface area contributed by atoms with Crippen LogP contribution in [0.2, 0.25) is 0 Å². The van der Waals surface area contributed by atoms with Crippen LogP contribution in [0.3, 0.4) is 0 Å². The summed E-state index contributed by atoms with van der Waals surface area (Å²) in [4.78, 5) is 18.3. The van der Waals surface area contributed by atoms with Crippen LogP contribution in [0.5, 0.6) is 0 Å². The van der Waals surface area contributed by atoms with Crippen molar-refractivity contribution in [3.8, 4) is 11.4 Å². The third-order valence-electron chi connectivity index (χ3n) is 7.47. The number of fused-ring (bicyclic) bond motifs is 1. The van der Waals surface area contributed by atoms with Gasteiger partial charge in [0.25, 0.3) is 0 Å². The number of rotatable bonds is 8. The summed E-state index contributed by atoms with van der Waals surface area (Å²) < 4.78 is 7.96. The molecule has 0 spiro atoms. The van der Waals surface area contributed by atoms with Crippen molar-refractivity contribution in [1.29, 1.82) is 0 Å². The summed E-state index contributed by atoms with van der Waals surface area (Å²) >= 11 is 0. The lowest BCUT2D eigenvalue weighted by molar-refractivity contribution is 0.0841. The Hall–Kier alpha value is -3.34. The Morgan fingerprint density at radius 3 is 2.56 bits per heavy atom. The molecule has 0 aliphatic carbocycles. The molecule has 0 amide bonds. The molecule has 4 aromatic rings. The molecule has 0 radical (unpaired) electrons. The topological polar surface area (TPSA) is 97.4 Å². The quantitative estimate of drug-likeness (QED) is 0.307. The molecule has 3 heterocycles. The van der Waals surface area contributed by atoms with E-state index in [2.05, 4.69) is 95.1 Å². The van der Waals surface area contributed by atoms with Gasteiger partial charge < -0.3 is 30.2 Å². The summed E-state index contributed by atoms with van der Waals surface area (Å²) in [7, 11) is 8.35. The summed E-state index contributed by atoms with van der Waals surface area (Å²) in [6.07, 6.45) is 3.56. The molecule has 1 fully saturated rings. The molecule has 9 nitrogen and oxygen atoms in total. The van der Waals surface area contributed by atoms with E-state index in [4.69, 9.17) is 15.5 Å². The number of nitrogens with one attached hydrogen (secondary N) is 1. The first-order valence-electron chi connectivity index (χ1n) is 13.2. The third-order valence-corrected chi connectivity index (χ3v) is 7.47. The number of aromatic nitrogens is 4. The van der Waals surface area contributed by atoms with Gasteiger partial charge in [0.1, 0.15) is 6.33 Å². The fraction of sp³-hybridized carbons (Fsp3) is 0.414. The van der Waals surface area contributed by atoms with Crippen LogP contribution in [0.15, 0.2) is 42.7 Å². The molecule has 0 bridgehead atoms.